The summed E-state index contributed by atoms with van der Waals surface area (Å²) in [4.78, 5) is 11.2. The van der Waals surface area contributed by atoms with Gasteiger partial charge in [-0.15, -0.1) is 0 Å². The smallest absolute Gasteiger partial charge is 0.326 e. The first-order valence-electron chi connectivity index (χ1n) is 5.79. The largest absolute Gasteiger partial charge is 0.480 e. The minimum atomic E-state index is -0.888. The average Bonchev–Trinajstić information content (AvgIpc) is 3.14. The van der Waals surface area contributed by atoms with E-state index in [-0.39, 0.29) is 0 Å². The third-order valence-electron chi connectivity index (χ3n) is 3.00. The molecule has 1 aromatic carbocycles. The predicted molar refractivity (Wildman–Crippen MR) is 68.6 cm³/mol. The average molecular weight is 265 g/mol. The normalized spacial score (nSPS) is 15.8. The first-order valence-corrected chi connectivity index (χ1v) is 6.17. The number of nitrogens with one attached hydrogen (secondary N) is 1. The number of anilines is 1. The molecule has 1 aliphatic rings. The zero-order valence-corrected chi connectivity index (χ0v) is 10.4. The lowest BCUT2D eigenvalue weighted by atomic mass is 10.1. The maximum absolute atomic E-state index is 11.2. The van der Waals surface area contributed by atoms with Gasteiger partial charge in [0.1, 0.15) is 12.1 Å². The lowest BCUT2D eigenvalue weighted by Crippen LogP contribution is -2.30. The lowest BCUT2D eigenvalue weighted by Gasteiger charge is -2.16. The molecule has 94 valence electrons. The maximum atomic E-state index is 11.2. The van der Waals surface area contributed by atoms with Crippen molar-refractivity contribution in [2.45, 2.75) is 25.3 Å². The van der Waals surface area contributed by atoms with Gasteiger partial charge in [-0.2, -0.15) is 5.26 Å². The van der Waals surface area contributed by atoms with Crippen molar-refractivity contribution >= 4 is 23.3 Å². The van der Waals surface area contributed by atoms with Gasteiger partial charge in [0.15, 0.2) is 0 Å². The maximum Gasteiger partial charge on any atom is 0.326 e. The van der Waals surface area contributed by atoms with Crippen molar-refractivity contribution < 1.29 is 9.90 Å². The van der Waals surface area contributed by atoms with Crippen molar-refractivity contribution in [3.05, 3.63) is 28.8 Å². The molecule has 0 radical (unpaired) electrons. The fourth-order valence-electron chi connectivity index (χ4n) is 1.83. The second kappa shape index (κ2) is 5.28. The number of nitrogens with zero attached hydrogens (tertiary/aromatic N) is 1. The van der Waals surface area contributed by atoms with Crippen LogP contribution in [-0.2, 0) is 4.79 Å². The summed E-state index contributed by atoms with van der Waals surface area (Å²) in [5.74, 6) is -0.392. The van der Waals surface area contributed by atoms with Crippen molar-refractivity contribution in [1.82, 2.24) is 0 Å². The van der Waals surface area contributed by atoms with E-state index < -0.39 is 12.0 Å². The van der Waals surface area contributed by atoms with Crippen LogP contribution in [0.25, 0.3) is 0 Å². The van der Waals surface area contributed by atoms with E-state index in [0.717, 1.165) is 12.8 Å². The molecule has 0 heterocycles. The minimum Gasteiger partial charge on any atom is -0.480 e. The highest BCUT2D eigenvalue weighted by Gasteiger charge is 2.29. The standard InChI is InChI=1S/C13H13ClN2O2/c14-10-3-4-11(9(6-10)7-15)16-12(13(17)18)5-8-1-2-8/h3-4,6,8,12,16H,1-2,5H2,(H,17,18). The molecule has 0 bridgehead atoms. The van der Waals surface area contributed by atoms with Crippen molar-refractivity contribution in [2.75, 3.05) is 5.32 Å². The number of hydrogen-bond donors (Lipinski definition) is 2. The van der Waals surface area contributed by atoms with Gasteiger partial charge in [0.25, 0.3) is 0 Å². The summed E-state index contributed by atoms with van der Waals surface area (Å²) in [5.41, 5.74) is 0.888. The van der Waals surface area contributed by atoms with E-state index in [1.807, 2.05) is 6.07 Å². The number of aliphatic carboxylic acids is 1. The van der Waals surface area contributed by atoms with Crippen LogP contribution in [0.3, 0.4) is 0 Å². The Labute approximate surface area is 110 Å². The molecule has 1 aromatic rings. The van der Waals surface area contributed by atoms with Crippen LogP contribution in [0.4, 0.5) is 5.69 Å². The van der Waals surface area contributed by atoms with Crippen LogP contribution in [0.15, 0.2) is 18.2 Å². The Morgan fingerprint density at radius 3 is 2.89 bits per heavy atom. The number of hydrogen-bond acceptors (Lipinski definition) is 3. The van der Waals surface area contributed by atoms with E-state index in [4.69, 9.17) is 22.0 Å². The second-order valence-corrected chi connectivity index (χ2v) is 4.95. The summed E-state index contributed by atoms with van der Waals surface area (Å²) in [5, 5.41) is 21.5. The molecule has 0 saturated heterocycles. The summed E-state index contributed by atoms with van der Waals surface area (Å²) < 4.78 is 0. The number of benzene rings is 1. The molecule has 2 rings (SSSR count). The third kappa shape index (κ3) is 3.14. The Hall–Kier alpha value is -1.73. The van der Waals surface area contributed by atoms with Gasteiger partial charge in [0.2, 0.25) is 0 Å². The first-order chi connectivity index (χ1) is 8.60. The minimum absolute atomic E-state index is 0.365. The van der Waals surface area contributed by atoms with E-state index in [0.29, 0.717) is 28.6 Å². The molecule has 0 amide bonds. The molecule has 4 nitrogen and oxygen atoms in total. The molecule has 1 aliphatic carbocycles. The van der Waals surface area contributed by atoms with Gasteiger partial charge in [-0.3, -0.25) is 0 Å². The summed E-state index contributed by atoms with van der Waals surface area (Å²) in [6, 6.07) is 6.17. The van der Waals surface area contributed by atoms with Crippen LogP contribution >= 0.6 is 11.6 Å². The number of halogens is 1. The number of carboxylic acid groups (broad SMARTS) is 1. The van der Waals surface area contributed by atoms with Gasteiger partial charge in [0, 0.05) is 5.02 Å². The van der Waals surface area contributed by atoms with E-state index in [1.54, 1.807) is 12.1 Å². The summed E-state index contributed by atoms with van der Waals surface area (Å²) >= 11 is 5.79. The highest BCUT2D eigenvalue weighted by Crippen LogP contribution is 2.34. The Morgan fingerprint density at radius 2 is 2.33 bits per heavy atom. The molecular formula is C13H13ClN2O2. The van der Waals surface area contributed by atoms with Crippen LogP contribution in [0, 0.1) is 17.2 Å². The Morgan fingerprint density at radius 1 is 1.61 bits per heavy atom. The quantitative estimate of drug-likeness (QED) is 0.858. The molecule has 1 unspecified atom stereocenters. The van der Waals surface area contributed by atoms with E-state index in [9.17, 15) is 4.79 Å². The molecule has 0 spiro atoms. The molecule has 1 saturated carbocycles. The SMILES string of the molecule is N#Cc1cc(Cl)ccc1NC(CC1CC1)C(=O)O. The van der Waals surface area contributed by atoms with Crippen LogP contribution in [0.5, 0.6) is 0 Å². The summed E-state index contributed by atoms with van der Waals surface area (Å²) in [6.07, 6.45) is 2.79. The Balaban J connectivity index is 2.15. The monoisotopic (exact) mass is 264 g/mol. The Bertz CT molecular complexity index is 506. The molecule has 0 aliphatic heterocycles. The van der Waals surface area contributed by atoms with Gasteiger partial charge in [-0.05, 0) is 30.5 Å². The predicted octanol–water partition coefficient (Wildman–Crippen LogP) is 2.88. The molecular weight excluding hydrogens is 252 g/mol. The fraction of sp³-hybridized carbons (Fsp3) is 0.385. The molecule has 0 aromatic heterocycles. The third-order valence-corrected chi connectivity index (χ3v) is 3.23. The van der Waals surface area contributed by atoms with E-state index >= 15 is 0 Å². The number of rotatable bonds is 5. The molecule has 1 atom stereocenters. The highest BCUT2D eigenvalue weighted by atomic mass is 35.5. The van der Waals surface area contributed by atoms with Gasteiger partial charge in [0.05, 0.1) is 11.3 Å². The van der Waals surface area contributed by atoms with Crippen LogP contribution in [-0.4, -0.2) is 17.1 Å². The van der Waals surface area contributed by atoms with Gasteiger partial charge >= 0.3 is 5.97 Å². The second-order valence-electron chi connectivity index (χ2n) is 4.52. The van der Waals surface area contributed by atoms with E-state index in [2.05, 4.69) is 5.32 Å². The van der Waals surface area contributed by atoms with Crippen LogP contribution in [0.2, 0.25) is 5.02 Å². The van der Waals surface area contributed by atoms with E-state index in [1.165, 1.54) is 6.07 Å². The van der Waals surface area contributed by atoms with Crippen LogP contribution < -0.4 is 5.32 Å². The zero-order valence-electron chi connectivity index (χ0n) is 9.69. The number of carbonyl (C=O) groups is 1. The van der Waals surface area contributed by atoms with Crippen molar-refractivity contribution in [2.24, 2.45) is 5.92 Å². The van der Waals surface area contributed by atoms with Crippen molar-refractivity contribution in [1.29, 1.82) is 5.26 Å². The fourth-order valence-corrected chi connectivity index (χ4v) is 2.00. The Kier molecular flexibility index (Phi) is 3.73. The summed E-state index contributed by atoms with van der Waals surface area (Å²) in [7, 11) is 0. The summed E-state index contributed by atoms with van der Waals surface area (Å²) in [6.45, 7) is 0. The van der Waals surface area contributed by atoms with Crippen molar-refractivity contribution in [3.8, 4) is 6.07 Å². The number of nitriles is 1. The molecule has 18 heavy (non-hydrogen) atoms. The van der Waals surface area contributed by atoms with Crippen molar-refractivity contribution in [3.63, 3.8) is 0 Å². The highest BCUT2D eigenvalue weighted by molar-refractivity contribution is 6.30. The van der Waals surface area contributed by atoms with Gasteiger partial charge in [-0.1, -0.05) is 24.4 Å². The topological polar surface area (TPSA) is 73.1 Å². The molecule has 1 fully saturated rings. The van der Waals surface area contributed by atoms with Gasteiger partial charge in [-0.25, -0.2) is 4.79 Å². The lowest BCUT2D eigenvalue weighted by molar-refractivity contribution is -0.138. The van der Waals surface area contributed by atoms with Crippen LogP contribution in [0.1, 0.15) is 24.8 Å². The molecule has 5 heteroatoms. The van der Waals surface area contributed by atoms with Gasteiger partial charge < -0.3 is 10.4 Å². The first kappa shape index (κ1) is 12.7. The number of carboxylic acids is 1. The molecule has 2 N–H and O–H groups in total. The zero-order chi connectivity index (χ0) is 13.1.